The summed E-state index contributed by atoms with van der Waals surface area (Å²) in [4.78, 5) is 11.1. The molecule has 0 heterocycles. The predicted molar refractivity (Wildman–Crippen MR) is 45.9 cm³/mol. The van der Waals surface area contributed by atoms with Crippen LogP contribution in [0.15, 0.2) is 12.1 Å². The Morgan fingerprint density at radius 1 is 1.50 bits per heavy atom. The molecule has 0 aliphatic heterocycles. The zero-order valence-corrected chi connectivity index (χ0v) is 7.61. The van der Waals surface area contributed by atoms with Gasteiger partial charge in [-0.2, -0.15) is 5.26 Å². The van der Waals surface area contributed by atoms with Gasteiger partial charge in [0.15, 0.2) is 17.4 Å². The van der Waals surface area contributed by atoms with Crippen molar-refractivity contribution in [2.75, 3.05) is 0 Å². The Morgan fingerprint density at radius 3 is 2.64 bits per heavy atom. The van der Waals surface area contributed by atoms with Crippen LogP contribution in [-0.2, 0) is 0 Å². The molecule has 14 heavy (non-hydrogen) atoms. The van der Waals surface area contributed by atoms with Gasteiger partial charge in [-0.05, 0) is 12.1 Å². The number of Topliss-reactive ketones (excluding diaryl/α,β-unsaturated/α-hetero) is 1. The second-order valence-corrected chi connectivity index (χ2v) is 2.92. The summed E-state index contributed by atoms with van der Waals surface area (Å²) >= 11 is 5.31. The van der Waals surface area contributed by atoms with Gasteiger partial charge in [-0.15, -0.1) is 0 Å². The van der Waals surface area contributed by atoms with Crippen LogP contribution in [-0.4, -0.2) is 5.78 Å². The van der Waals surface area contributed by atoms with Crippen LogP contribution in [0.1, 0.15) is 16.8 Å². The van der Waals surface area contributed by atoms with Crippen molar-refractivity contribution < 1.29 is 13.6 Å². The van der Waals surface area contributed by atoms with Gasteiger partial charge in [-0.3, -0.25) is 4.79 Å². The van der Waals surface area contributed by atoms with Crippen LogP contribution in [0.4, 0.5) is 8.78 Å². The molecule has 0 aromatic heterocycles. The molecule has 1 aromatic rings. The monoisotopic (exact) mass is 215 g/mol. The molecule has 72 valence electrons. The van der Waals surface area contributed by atoms with Crippen LogP contribution >= 0.6 is 11.6 Å². The first-order chi connectivity index (χ1) is 6.56. The second-order valence-electron chi connectivity index (χ2n) is 2.51. The van der Waals surface area contributed by atoms with E-state index in [0.29, 0.717) is 0 Å². The zero-order chi connectivity index (χ0) is 10.7. The van der Waals surface area contributed by atoms with Gasteiger partial charge in [0.25, 0.3) is 0 Å². The maximum atomic E-state index is 12.7. The maximum absolute atomic E-state index is 12.7. The Morgan fingerprint density at radius 2 is 2.14 bits per heavy atom. The van der Waals surface area contributed by atoms with Crippen LogP contribution in [0.2, 0.25) is 5.02 Å². The quantitative estimate of drug-likeness (QED) is 0.562. The van der Waals surface area contributed by atoms with Crippen LogP contribution in [0.5, 0.6) is 0 Å². The number of carbonyl (C=O) groups is 1. The van der Waals surface area contributed by atoms with Crippen molar-refractivity contribution >= 4 is 17.4 Å². The first kappa shape index (κ1) is 10.6. The molecule has 0 radical (unpaired) electrons. The fourth-order valence-electron chi connectivity index (χ4n) is 0.890. The van der Waals surface area contributed by atoms with E-state index in [-0.39, 0.29) is 12.0 Å². The van der Waals surface area contributed by atoms with Crippen LogP contribution in [0.25, 0.3) is 0 Å². The Balaban J connectivity index is 3.14. The Labute approximate surface area is 83.7 Å². The van der Waals surface area contributed by atoms with Crippen molar-refractivity contribution in [3.05, 3.63) is 34.4 Å². The number of halogens is 3. The van der Waals surface area contributed by atoms with Crippen LogP contribution in [0, 0.1) is 23.0 Å². The zero-order valence-electron chi connectivity index (χ0n) is 6.85. The molecule has 0 amide bonds. The van der Waals surface area contributed by atoms with E-state index in [0.717, 1.165) is 12.1 Å². The Hall–Kier alpha value is -1.47. The lowest BCUT2D eigenvalue weighted by molar-refractivity contribution is 0.0997. The third-order valence-electron chi connectivity index (χ3n) is 1.55. The number of benzene rings is 1. The van der Waals surface area contributed by atoms with Gasteiger partial charge in [-0.25, -0.2) is 8.78 Å². The molecule has 0 saturated carbocycles. The van der Waals surface area contributed by atoms with E-state index < -0.39 is 22.4 Å². The highest BCUT2D eigenvalue weighted by Crippen LogP contribution is 2.20. The molecule has 0 N–H and O–H groups in total. The molecular weight excluding hydrogens is 212 g/mol. The minimum atomic E-state index is -1.20. The van der Waals surface area contributed by atoms with Crippen molar-refractivity contribution in [1.29, 1.82) is 5.26 Å². The maximum Gasteiger partial charge on any atom is 0.177 e. The van der Waals surface area contributed by atoms with E-state index in [1.54, 1.807) is 6.07 Å². The summed E-state index contributed by atoms with van der Waals surface area (Å²) in [6, 6.07) is 3.33. The van der Waals surface area contributed by atoms with E-state index in [1.165, 1.54) is 0 Å². The fourth-order valence-corrected chi connectivity index (χ4v) is 1.10. The second kappa shape index (κ2) is 4.16. The van der Waals surface area contributed by atoms with Crippen molar-refractivity contribution in [2.24, 2.45) is 0 Å². The molecule has 0 saturated heterocycles. The van der Waals surface area contributed by atoms with Gasteiger partial charge in [0, 0.05) is 5.56 Å². The number of rotatable bonds is 2. The van der Waals surface area contributed by atoms with Gasteiger partial charge in [0.05, 0.1) is 17.5 Å². The summed E-state index contributed by atoms with van der Waals surface area (Å²) in [7, 11) is 0. The first-order valence-corrected chi connectivity index (χ1v) is 3.98. The molecule has 0 bridgehead atoms. The number of nitrogens with zero attached hydrogens (tertiary/aromatic N) is 1. The van der Waals surface area contributed by atoms with Crippen molar-refractivity contribution in [2.45, 2.75) is 6.42 Å². The molecule has 5 heteroatoms. The van der Waals surface area contributed by atoms with E-state index in [2.05, 4.69) is 0 Å². The first-order valence-electron chi connectivity index (χ1n) is 3.61. The summed E-state index contributed by atoms with van der Waals surface area (Å²) in [5.41, 5.74) is -0.101. The van der Waals surface area contributed by atoms with Gasteiger partial charge >= 0.3 is 0 Å². The molecule has 0 atom stereocenters. The van der Waals surface area contributed by atoms with Crippen molar-refractivity contribution in [3.8, 4) is 6.07 Å². The fraction of sp³-hybridized carbons (Fsp3) is 0.111. The predicted octanol–water partition coefficient (Wildman–Crippen LogP) is 2.71. The molecule has 0 spiro atoms. The van der Waals surface area contributed by atoms with Gasteiger partial charge in [0.2, 0.25) is 0 Å². The Bertz CT molecular complexity index is 402. The number of hydrogen-bond acceptors (Lipinski definition) is 2. The number of carbonyl (C=O) groups excluding carboxylic acids is 1. The van der Waals surface area contributed by atoms with Crippen molar-refractivity contribution in [3.63, 3.8) is 0 Å². The van der Waals surface area contributed by atoms with E-state index in [9.17, 15) is 13.6 Å². The summed E-state index contributed by atoms with van der Waals surface area (Å²) < 4.78 is 25.4. The lowest BCUT2D eigenvalue weighted by atomic mass is 10.1. The van der Waals surface area contributed by atoms with Gasteiger partial charge in [0.1, 0.15) is 0 Å². The highest BCUT2D eigenvalue weighted by Gasteiger charge is 2.13. The van der Waals surface area contributed by atoms with Crippen LogP contribution in [0.3, 0.4) is 0 Å². The molecule has 0 unspecified atom stereocenters. The van der Waals surface area contributed by atoms with Gasteiger partial charge < -0.3 is 0 Å². The lowest BCUT2D eigenvalue weighted by Gasteiger charge is -2.00. The third kappa shape index (κ3) is 2.06. The SMILES string of the molecule is N#CCC(=O)c1cc(F)c(F)c(Cl)c1. The molecule has 1 aromatic carbocycles. The third-order valence-corrected chi connectivity index (χ3v) is 1.82. The topological polar surface area (TPSA) is 40.9 Å². The minimum Gasteiger partial charge on any atom is -0.293 e. The highest BCUT2D eigenvalue weighted by molar-refractivity contribution is 6.31. The molecule has 0 fully saturated rings. The normalized spacial score (nSPS) is 9.57. The van der Waals surface area contributed by atoms with E-state index in [4.69, 9.17) is 16.9 Å². The highest BCUT2D eigenvalue weighted by atomic mass is 35.5. The Kier molecular flexibility index (Phi) is 3.15. The number of hydrogen-bond donors (Lipinski definition) is 0. The summed E-state index contributed by atoms with van der Waals surface area (Å²) in [5, 5.41) is 7.75. The minimum absolute atomic E-state index is 0.101. The molecule has 1 rings (SSSR count). The average Bonchev–Trinajstić information content (AvgIpc) is 2.13. The lowest BCUT2D eigenvalue weighted by Crippen LogP contribution is -2.00. The van der Waals surface area contributed by atoms with Crippen molar-refractivity contribution in [1.82, 2.24) is 0 Å². The summed E-state index contributed by atoms with van der Waals surface area (Å²) in [5.74, 6) is -2.98. The summed E-state index contributed by atoms with van der Waals surface area (Å²) in [6.45, 7) is 0. The largest absolute Gasteiger partial charge is 0.293 e. The van der Waals surface area contributed by atoms with E-state index in [1.807, 2.05) is 0 Å². The van der Waals surface area contributed by atoms with Crippen LogP contribution < -0.4 is 0 Å². The average molecular weight is 216 g/mol. The molecule has 2 nitrogen and oxygen atoms in total. The number of ketones is 1. The van der Waals surface area contributed by atoms with E-state index >= 15 is 0 Å². The number of nitriles is 1. The summed E-state index contributed by atoms with van der Waals surface area (Å²) in [6.07, 6.45) is -0.387. The molecule has 0 aliphatic rings. The smallest absolute Gasteiger partial charge is 0.177 e. The van der Waals surface area contributed by atoms with Gasteiger partial charge in [-0.1, -0.05) is 11.6 Å². The molecular formula is C9H4ClF2NO. The molecule has 0 aliphatic carbocycles. The standard InChI is InChI=1S/C9H4ClF2NO/c10-6-3-5(8(14)1-2-13)4-7(11)9(6)12/h3-4H,1H2.